The largest absolute Gasteiger partial charge is 0.480 e. The molecular formula is C12H22N2O3. The molecule has 0 heterocycles. The molecule has 1 atom stereocenters. The van der Waals surface area contributed by atoms with E-state index in [9.17, 15) is 9.59 Å². The smallest absolute Gasteiger partial charge is 0.326 e. The van der Waals surface area contributed by atoms with Crippen molar-refractivity contribution < 1.29 is 14.7 Å². The molecule has 0 aromatic heterocycles. The summed E-state index contributed by atoms with van der Waals surface area (Å²) < 4.78 is 0. The average molecular weight is 242 g/mol. The van der Waals surface area contributed by atoms with E-state index < -0.39 is 12.0 Å². The monoisotopic (exact) mass is 242 g/mol. The SMILES string of the molecule is C=C(C)CN(C)C(=O)N[C@@H](CCCC)C(=O)O. The fraction of sp³-hybridized carbons (Fsp3) is 0.667. The molecule has 0 aliphatic rings. The lowest BCUT2D eigenvalue weighted by atomic mass is 10.1. The van der Waals surface area contributed by atoms with Gasteiger partial charge in [-0.05, 0) is 13.3 Å². The van der Waals surface area contributed by atoms with Gasteiger partial charge in [0.15, 0.2) is 0 Å². The quantitative estimate of drug-likeness (QED) is 0.669. The van der Waals surface area contributed by atoms with Crippen molar-refractivity contribution in [2.75, 3.05) is 13.6 Å². The number of hydrogen-bond donors (Lipinski definition) is 2. The van der Waals surface area contributed by atoms with Gasteiger partial charge in [0.2, 0.25) is 0 Å². The fourth-order valence-corrected chi connectivity index (χ4v) is 1.40. The first-order chi connectivity index (χ1) is 7.88. The predicted octanol–water partition coefficient (Wildman–Crippen LogP) is 1.85. The van der Waals surface area contributed by atoms with E-state index in [0.717, 1.165) is 18.4 Å². The number of carbonyl (C=O) groups is 2. The molecule has 0 fully saturated rings. The van der Waals surface area contributed by atoms with Crippen molar-refractivity contribution in [2.24, 2.45) is 0 Å². The van der Waals surface area contributed by atoms with Crippen LogP contribution >= 0.6 is 0 Å². The molecule has 0 aliphatic heterocycles. The number of carbonyl (C=O) groups excluding carboxylic acids is 1. The molecule has 5 heteroatoms. The summed E-state index contributed by atoms with van der Waals surface area (Å²) in [6.45, 7) is 7.92. The van der Waals surface area contributed by atoms with Crippen LogP contribution in [0.25, 0.3) is 0 Å². The topological polar surface area (TPSA) is 69.6 Å². The summed E-state index contributed by atoms with van der Waals surface area (Å²) in [5.41, 5.74) is 0.850. The van der Waals surface area contributed by atoms with E-state index in [1.807, 2.05) is 13.8 Å². The molecule has 0 saturated heterocycles. The van der Waals surface area contributed by atoms with Gasteiger partial charge in [0, 0.05) is 13.6 Å². The maximum Gasteiger partial charge on any atom is 0.326 e. The molecule has 0 aromatic rings. The van der Waals surface area contributed by atoms with E-state index >= 15 is 0 Å². The Labute approximate surface area is 102 Å². The first-order valence-electron chi connectivity index (χ1n) is 5.77. The number of carboxylic acid groups (broad SMARTS) is 1. The second-order valence-electron chi connectivity index (χ2n) is 4.30. The van der Waals surface area contributed by atoms with Gasteiger partial charge in [-0.25, -0.2) is 9.59 Å². The highest BCUT2D eigenvalue weighted by atomic mass is 16.4. The van der Waals surface area contributed by atoms with Gasteiger partial charge in [-0.3, -0.25) is 0 Å². The third-order valence-electron chi connectivity index (χ3n) is 2.30. The molecule has 0 saturated carbocycles. The molecule has 5 nitrogen and oxygen atoms in total. The Morgan fingerprint density at radius 3 is 2.47 bits per heavy atom. The minimum atomic E-state index is -0.990. The summed E-state index contributed by atoms with van der Waals surface area (Å²) in [5, 5.41) is 11.5. The predicted molar refractivity (Wildman–Crippen MR) is 66.9 cm³/mol. The number of aliphatic carboxylic acids is 1. The minimum Gasteiger partial charge on any atom is -0.480 e. The molecule has 98 valence electrons. The van der Waals surface area contributed by atoms with Crippen LogP contribution in [0.15, 0.2) is 12.2 Å². The maximum absolute atomic E-state index is 11.7. The Morgan fingerprint density at radius 2 is 2.06 bits per heavy atom. The van der Waals surface area contributed by atoms with Gasteiger partial charge < -0.3 is 15.3 Å². The summed E-state index contributed by atoms with van der Waals surface area (Å²) >= 11 is 0. The molecule has 0 unspecified atom stereocenters. The van der Waals surface area contributed by atoms with Crippen LogP contribution in [0.5, 0.6) is 0 Å². The summed E-state index contributed by atoms with van der Waals surface area (Å²) in [6, 6.07) is -1.19. The van der Waals surface area contributed by atoms with Crippen LogP contribution in [0, 0.1) is 0 Å². The Balaban J connectivity index is 4.29. The van der Waals surface area contributed by atoms with Crippen LogP contribution in [-0.4, -0.2) is 41.6 Å². The van der Waals surface area contributed by atoms with Crippen LogP contribution < -0.4 is 5.32 Å². The minimum absolute atomic E-state index is 0.378. The first-order valence-corrected chi connectivity index (χ1v) is 5.77. The zero-order valence-corrected chi connectivity index (χ0v) is 10.8. The van der Waals surface area contributed by atoms with E-state index in [1.165, 1.54) is 4.90 Å². The van der Waals surface area contributed by atoms with E-state index in [2.05, 4.69) is 11.9 Å². The first kappa shape index (κ1) is 15.5. The summed E-state index contributed by atoms with van der Waals surface area (Å²) in [6.07, 6.45) is 2.14. The number of likely N-dealkylation sites (N-methyl/N-ethyl adjacent to an activating group) is 1. The molecule has 0 spiro atoms. The van der Waals surface area contributed by atoms with Gasteiger partial charge in [-0.1, -0.05) is 31.9 Å². The standard InChI is InChI=1S/C12H22N2O3/c1-5-6-7-10(11(15)16)13-12(17)14(4)8-9(2)3/h10H,2,5-8H2,1,3-4H3,(H,13,17)(H,15,16)/t10-/m0/s1. The van der Waals surface area contributed by atoms with Crippen LogP contribution in [0.3, 0.4) is 0 Å². The third kappa shape index (κ3) is 6.60. The van der Waals surface area contributed by atoms with Crippen molar-refractivity contribution in [3.63, 3.8) is 0 Å². The fourth-order valence-electron chi connectivity index (χ4n) is 1.40. The number of carboxylic acids is 1. The molecule has 2 N–H and O–H groups in total. The van der Waals surface area contributed by atoms with Crippen molar-refractivity contribution >= 4 is 12.0 Å². The van der Waals surface area contributed by atoms with E-state index in [4.69, 9.17) is 5.11 Å². The molecule has 0 aliphatic carbocycles. The van der Waals surface area contributed by atoms with E-state index in [1.54, 1.807) is 7.05 Å². The zero-order chi connectivity index (χ0) is 13.4. The molecule has 2 amide bonds. The second-order valence-corrected chi connectivity index (χ2v) is 4.30. The van der Waals surface area contributed by atoms with Crippen molar-refractivity contribution in [3.8, 4) is 0 Å². The highest BCUT2D eigenvalue weighted by molar-refractivity contribution is 5.82. The highest BCUT2D eigenvalue weighted by Crippen LogP contribution is 2.02. The summed E-state index contributed by atoms with van der Waals surface area (Å²) in [7, 11) is 1.61. The van der Waals surface area contributed by atoms with Crippen molar-refractivity contribution in [1.82, 2.24) is 10.2 Å². The number of amides is 2. The van der Waals surface area contributed by atoms with Gasteiger partial charge in [0.1, 0.15) is 6.04 Å². The Morgan fingerprint density at radius 1 is 1.47 bits per heavy atom. The molecule has 0 radical (unpaired) electrons. The summed E-state index contributed by atoms with van der Waals surface area (Å²) in [5.74, 6) is -0.990. The number of unbranched alkanes of at least 4 members (excludes halogenated alkanes) is 1. The van der Waals surface area contributed by atoms with Gasteiger partial charge in [0.25, 0.3) is 0 Å². The van der Waals surface area contributed by atoms with Gasteiger partial charge in [-0.2, -0.15) is 0 Å². The number of nitrogens with one attached hydrogen (secondary N) is 1. The number of nitrogens with zero attached hydrogens (tertiary/aromatic N) is 1. The lowest BCUT2D eigenvalue weighted by Crippen LogP contribution is -2.47. The summed E-state index contributed by atoms with van der Waals surface area (Å²) in [4.78, 5) is 24.0. The Bertz CT molecular complexity index is 289. The molecule has 0 rings (SSSR count). The van der Waals surface area contributed by atoms with Crippen molar-refractivity contribution in [2.45, 2.75) is 39.2 Å². The van der Waals surface area contributed by atoms with Gasteiger partial charge in [-0.15, -0.1) is 0 Å². The van der Waals surface area contributed by atoms with Crippen molar-refractivity contribution in [3.05, 3.63) is 12.2 Å². The van der Waals surface area contributed by atoms with E-state index in [-0.39, 0.29) is 6.03 Å². The number of urea groups is 1. The van der Waals surface area contributed by atoms with Crippen LogP contribution in [-0.2, 0) is 4.79 Å². The van der Waals surface area contributed by atoms with Crippen LogP contribution in [0.2, 0.25) is 0 Å². The Hall–Kier alpha value is -1.52. The number of rotatable bonds is 7. The number of hydrogen-bond acceptors (Lipinski definition) is 2. The van der Waals surface area contributed by atoms with E-state index in [0.29, 0.717) is 13.0 Å². The molecular weight excluding hydrogens is 220 g/mol. The highest BCUT2D eigenvalue weighted by Gasteiger charge is 2.20. The van der Waals surface area contributed by atoms with Crippen LogP contribution in [0.4, 0.5) is 4.79 Å². The Kier molecular flexibility index (Phi) is 7.02. The maximum atomic E-state index is 11.7. The van der Waals surface area contributed by atoms with Gasteiger partial charge >= 0.3 is 12.0 Å². The molecule has 0 aromatic carbocycles. The lowest BCUT2D eigenvalue weighted by Gasteiger charge is -2.21. The third-order valence-corrected chi connectivity index (χ3v) is 2.30. The average Bonchev–Trinajstić information content (AvgIpc) is 2.22. The lowest BCUT2D eigenvalue weighted by molar-refractivity contribution is -0.139. The second kappa shape index (κ2) is 7.70. The molecule has 17 heavy (non-hydrogen) atoms. The zero-order valence-electron chi connectivity index (χ0n) is 10.8. The normalized spacial score (nSPS) is 11.7. The molecule has 0 bridgehead atoms. The van der Waals surface area contributed by atoms with Crippen molar-refractivity contribution in [1.29, 1.82) is 0 Å². The van der Waals surface area contributed by atoms with Crippen LogP contribution in [0.1, 0.15) is 33.1 Å². The van der Waals surface area contributed by atoms with Gasteiger partial charge in [0.05, 0.1) is 0 Å².